The van der Waals surface area contributed by atoms with E-state index in [4.69, 9.17) is 9.52 Å². The summed E-state index contributed by atoms with van der Waals surface area (Å²) in [5.41, 5.74) is 0.972. The van der Waals surface area contributed by atoms with Crippen LogP contribution in [0.15, 0.2) is 24.7 Å². The fourth-order valence-corrected chi connectivity index (χ4v) is 5.59. The maximum Gasteiger partial charge on any atom is 0.261 e. The summed E-state index contributed by atoms with van der Waals surface area (Å²) in [5.74, 6) is -2.24. The van der Waals surface area contributed by atoms with Gasteiger partial charge in [-0.25, -0.2) is 13.6 Å². The smallest absolute Gasteiger partial charge is 0.261 e. The number of anilines is 2. The molecule has 0 radical (unpaired) electrons. The first kappa shape index (κ1) is 23.0. The largest absolute Gasteiger partial charge is 0.491 e. The van der Waals surface area contributed by atoms with Crippen molar-refractivity contribution < 1.29 is 22.5 Å². The van der Waals surface area contributed by atoms with Crippen LogP contribution in [0.3, 0.4) is 0 Å². The van der Waals surface area contributed by atoms with Crippen LogP contribution in [0.4, 0.5) is 20.2 Å². The Balaban J connectivity index is 1.57. The van der Waals surface area contributed by atoms with Crippen LogP contribution >= 0.6 is 0 Å². The second-order valence-electron chi connectivity index (χ2n) is 8.48. The maximum absolute atomic E-state index is 15.4. The summed E-state index contributed by atoms with van der Waals surface area (Å²) in [7, 11) is 0.289. The molecule has 2 N–H and O–H groups in total. The minimum Gasteiger partial charge on any atom is -0.491 e. The Kier molecular flexibility index (Phi) is 5.38. The van der Waals surface area contributed by atoms with Gasteiger partial charge in [-0.15, -0.1) is 0 Å². The molecule has 0 saturated carbocycles. The Morgan fingerprint density at radius 2 is 1.94 bits per heavy atom. The number of aryl methyl sites for hydroxylation is 2. The van der Waals surface area contributed by atoms with E-state index < -0.39 is 27.3 Å². The van der Waals surface area contributed by atoms with Crippen molar-refractivity contribution in [2.24, 2.45) is 7.05 Å². The molecule has 1 aliphatic rings. The second kappa shape index (κ2) is 8.18. The van der Waals surface area contributed by atoms with Crippen LogP contribution in [-0.4, -0.2) is 61.0 Å². The monoisotopic (exact) mass is 503 g/mol. The molecule has 0 unspecified atom stereocenters. The van der Waals surface area contributed by atoms with Gasteiger partial charge in [0.05, 0.1) is 18.5 Å². The van der Waals surface area contributed by atoms with E-state index in [1.807, 2.05) is 4.90 Å². The van der Waals surface area contributed by atoms with Gasteiger partial charge in [0.15, 0.2) is 11.4 Å². The molecule has 35 heavy (non-hydrogen) atoms. The zero-order valence-electron chi connectivity index (χ0n) is 19.3. The number of hydrogen-bond acceptors (Lipinski definition) is 7. The van der Waals surface area contributed by atoms with Crippen molar-refractivity contribution in [2.75, 3.05) is 41.9 Å². The Bertz CT molecular complexity index is 1600. The van der Waals surface area contributed by atoms with Crippen molar-refractivity contribution in [3.8, 4) is 5.75 Å². The zero-order chi connectivity index (χ0) is 25.1. The molecule has 4 aromatic rings. The van der Waals surface area contributed by atoms with Gasteiger partial charge >= 0.3 is 0 Å². The van der Waals surface area contributed by atoms with Gasteiger partial charge in [0.2, 0.25) is 5.82 Å². The summed E-state index contributed by atoms with van der Waals surface area (Å²) < 4.78 is 58.3. The van der Waals surface area contributed by atoms with Crippen LogP contribution in [-0.2, 0) is 16.8 Å². The number of hydrogen-bond donors (Lipinski definition) is 2. The Hall–Kier alpha value is -3.74. The maximum atomic E-state index is 15.4. The third-order valence-corrected chi connectivity index (χ3v) is 7.69. The molecular formula is C22H23F2N7O3S. The first-order chi connectivity index (χ1) is 16.6. The van der Waals surface area contributed by atoms with Crippen molar-refractivity contribution in [1.82, 2.24) is 19.2 Å². The van der Waals surface area contributed by atoms with E-state index in [0.717, 1.165) is 0 Å². The molecule has 4 heterocycles. The van der Waals surface area contributed by atoms with Gasteiger partial charge in [-0.2, -0.15) is 9.49 Å². The first-order valence-corrected chi connectivity index (χ1v) is 12.7. The molecule has 5 rings (SSSR count). The number of imidazole rings is 1. The van der Waals surface area contributed by atoms with E-state index in [1.54, 1.807) is 26.4 Å². The molecular weight excluding hydrogens is 480 g/mol. The lowest BCUT2D eigenvalue weighted by molar-refractivity contribution is 0.102. The Labute approximate surface area is 199 Å². The number of halogens is 2. The van der Waals surface area contributed by atoms with Crippen molar-refractivity contribution >= 4 is 43.6 Å². The van der Waals surface area contributed by atoms with E-state index in [-0.39, 0.29) is 39.7 Å². The molecule has 13 heteroatoms. The van der Waals surface area contributed by atoms with E-state index in [9.17, 15) is 13.4 Å². The van der Waals surface area contributed by atoms with Gasteiger partial charge in [-0.1, -0.05) is 0 Å². The number of ether oxygens (including phenoxy) is 1. The predicted molar refractivity (Wildman–Crippen MR) is 128 cm³/mol. The number of amides is 1. The Morgan fingerprint density at radius 3 is 2.63 bits per heavy atom. The summed E-state index contributed by atoms with van der Waals surface area (Å²) in [6.07, 6.45) is 4.71. The second-order valence-corrected chi connectivity index (χ2v) is 10.9. The quantitative estimate of drug-likeness (QED) is 0.442. The SMILES string of the molecule is COc1c(NC(=O)c2c(F)cc(N3CCS(=N)(=O)CC3)c3cn(C)nc23)cn2cc(C)nc2c1F. The summed E-state index contributed by atoms with van der Waals surface area (Å²) >= 11 is 0. The van der Waals surface area contributed by atoms with Gasteiger partial charge in [-0.3, -0.25) is 14.3 Å². The van der Waals surface area contributed by atoms with Crippen LogP contribution in [0, 0.1) is 23.3 Å². The van der Waals surface area contributed by atoms with E-state index in [2.05, 4.69) is 15.4 Å². The Morgan fingerprint density at radius 1 is 1.23 bits per heavy atom. The van der Waals surface area contributed by atoms with E-state index in [1.165, 1.54) is 28.5 Å². The molecule has 0 bridgehead atoms. The third-order valence-electron chi connectivity index (χ3n) is 6.01. The van der Waals surface area contributed by atoms with Gasteiger partial charge in [0, 0.05) is 65.3 Å². The lowest BCUT2D eigenvalue weighted by Crippen LogP contribution is -2.40. The lowest BCUT2D eigenvalue weighted by atomic mass is 10.1. The van der Waals surface area contributed by atoms with Crippen molar-refractivity contribution in [1.29, 1.82) is 4.78 Å². The minimum atomic E-state index is -2.63. The number of carbonyl (C=O) groups is 1. The van der Waals surface area contributed by atoms with Gasteiger partial charge in [-0.05, 0) is 13.0 Å². The fraction of sp³-hybridized carbons (Fsp3) is 0.318. The van der Waals surface area contributed by atoms with Crippen LogP contribution in [0.1, 0.15) is 16.1 Å². The molecule has 10 nitrogen and oxygen atoms in total. The summed E-state index contributed by atoms with van der Waals surface area (Å²) in [5, 5.41) is 7.40. The average Bonchev–Trinajstić information content (AvgIpc) is 3.35. The number of nitrogens with zero attached hydrogens (tertiary/aromatic N) is 5. The molecule has 3 aromatic heterocycles. The molecule has 184 valence electrons. The van der Waals surface area contributed by atoms with E-state index in [0.29, 0.717) is 29.9 Å². The molecule has 1 aliphatic heterocycles. The number of carbonyl (C=O) groups excluding carboxylic acids is 1. The summed E-state index contributed by atoms with van der Waals surface area (Å²) in [4.78, 5) is 19.2. The minimum absolute atomic E-state index is 0.00805. The highest BCUT2D eigenvalue weighted by Gasteiger charge is 2.27. The fourth-order valence-electron chi connectivity index (χ4n) is 4.36. The number of aromatic nitrogens is 4. The van der Waals surface area contributed by atoms with E-state index >= 15 is 4.39 Å². The molecule has 1 aromatic carbocycles. The zero-order valence-corrected chi connectivity index (χ0v) is 20.1. The number of fused-ring (bicyclic) bond motifs is 2. The molecule has 1 saturated heterocycles. The van der Waals surface area contributed by atoms with Gasteiger partial charge in [0.25, 0.3) is 5.91 Å². The highest BCUT2D eigenvalue weighted by atomic mass is 32.2. The number of pyridine rings is 1. The molecule has 1 fully saturated rings. The number of methoxy groups -OCH3 is 1. The average molecular weight is 504 g/mol. The standard InChI is InChI=1S/C22H23F2N7O3S/c1-12-9-31-11-15(20(34-3)18(24)21(31)26-12)27-22(32)17-14(23)8-16(13-10-29(2)28-19(13)17)30-4-6-35(25,33)7-5-30/h8-11,25H,4-7H2,1-3H3,(H,27,32). The van der Waals surface area contributed by atoms with Gasteiger partial charge in [0.1, 0.15) is 22.6 Å². The van der Waals surface area contributed by atoms with Crippen LogP contribution in [0.2, 0.25) is 0 Å². The van der Waals surface area contributed by atoms with Crippen LogP contribution in [0.25, 0.3) is 16.6 Å². The normalized spacial score (nSPS) is 15.6. The number of rotatable bonds is 4. The molecule has 1 amide bonds. The number of benzene rings is 1. The first-order valence-electron chi connectivity index (χ1n) is 10.8. The molecule has 0 spiro atoms. The molecule has 0 aliphatic carbocycles. The molecule has 0 atom stereocenters. The van der Waals surface area contributed by atoms with Crippen LogP contribution < -0.4 is 15.0 Å². The predicted octanol–water partition coefficient (Wildman–Crippen LogP) is 2.94. The summed E-state index contributed by atoms with van der Waals surface area (Å²) in [6.45, 7) is 2.37. The summed E-state index contributed by atoms with van der Waals surface area (Å²) in [6, 6.07) is 1.25. The van der Waals surface area contributed by atoms with Crippen molar-refractivity contribution in [2.45, 2.75) is 6.92 Å². The highest BCUT2D eigenvalue weighted by molar-refractivity contribution is 7.92. The number of nitrogens with one attached hydrogen (secondary N) is 2. The lowest BCUT2D eigenvalue weighted by Gasteiger charge is -2.30. The van der Waals surface area contributed by atoms with Crippen molar-refractivity contribution in [3.63, 3.8) is 0 Å². The van der Waals surface area contributed by atoms with Crippen molar-refractivity contribution in [3.05, 3.63) is 47.5 Å². The van der Waals surface area contributed by atoms with Crippen LogP contribution in [0.5, 0.6) is 5.75 Å². The third kappa shape index (κ3) is 3.95. The highest BCUT2D eigenvalue weighted by Crippen LogP contribution is 2.34. The topological polar surface area (TPSA) is 118 Å². The van der Waals surface area contributed by atoms with Gasteiger partial charge < -0.3 is 19.4 Å².